The predicted octanol–water partition coefficient (Wildman–Crippen LogP) is 5.40. The lowest BCUT2D eigenvalue weighted by molar-refractivity contribution is -0.136. The van der Waals surface area contributed by atoms with E-state index in [4.69, 9.17) is 10.2 Å². The molecule has 4 heteroatoms. The molecule has 0 spiro atoms. The van der Waals surface area contributed by atoms with E-state index in [1.807, 2.05) is 18.2 Å². The van der Waals surface area contributed by atoms with Crippen molar-refractivity contribution in [2.75, 3.05) is 0 Å². The van der Waals surface area contributed by atoms with E-state index in [9.17, 15) is 9.90 Å². The molecule has 0 saturated carbocycles. The zero-order valence-corrected chi connectivity index (χ0v) is 17.2. The quantitative estimate of drug-likeness (QED) is 0.674. The normalized spacial score (nSPS) is 11.5. The number of aryl methyl sites for hydroxylation is 1. The topological polar surface area (TPSA) is 77.8 Å². The zero-order chi connectivity index (χ0) is 20.8. The molecular formula is C23H32O4. The van der Waals surface area contributed by atoms with Crippen molar-refractivity contribution in [2.24, 2.45) is 0 Å². The Bertz CT molecular complexity index is 715. The fourth-order valence-electron chi connectivity index (χ4n) is 2.66. The van der Waals surface area contributed by atoms with E-state index in [0.717, 1.165) is 16.7 Å². The third-order valence-corrected chi connectivity index (χ3v) is 4.17. The van der Waals surface area contributed by atoms with Crippen molar-refractivity contribution >= 4 is 5.97 Å². The van der Waals surface area contributed by atoms with Gasteiger partial charge in [0.1, 0.15) is 11.5 Å². The molecule has 0 saturated heterocycles. The molecule has 0 heterocycles. The predicted molar refractivity (Wildman–Crippen MR) is 110 cm³/mol. The number of carboxylic acids is 1. The molecule has 0 aliphatic carbocycles. The Labute approximate surface area is 162 Å². The van der Waals surface area contributed by atoms with Gasteiger partial charge >= 0.3 is 5.97 Å². The number of hydrogen-bond donors (Lipinski definition) is 3. The number of benzene rings is 2. The molecule has 2 aromatic carbocycles. The van der Waals surface area contributed by atoms with E-state index in [-0.39, 0.29) is 17.3 Å². The van der Waals surface area contributed by atoms with E-state index < -0.39 is 5.97 Å². The fourth-order valence-corrected chi connectivity index (χ4v) is 2.66. The number of hydrogen-bond acceptors (Lipinski definition) is 3. The van der Waals surface area contributed by atoms with Gasteiger partial charge in [0.2, 0.25) is 0 Å². The van der Waals surface area contributed by atoms with Gasteiger partial charge in [-0.2, -0.15) is 0 Å². The van der Waals surface area contributed by atoms with Gasteiger partial charge in [-0.3, -0.25) is 4.79 Å². The minimum absolute atomic E-state index is 0.109. The molecule has 0 radical (unpaired) electrons. The molecule has 0 aliphatic heterocycles. The Hall–Kier alpha value is -2.49. The zero-order valence-electron chi connectivity index (χ0n) is 17.2. The third-order valence-electron chi connectivity index (χ3n) is 4.17. The second-order valence-electron chi connectivity index (χ2n) is 8.77. The van der Waals surface area contributed by atoms with Crippen molar-refractivity contribution < 1.29 is 20.1 Å². The highest BCUT2D eigenvalue weighted by Gasteiger charge is 2.26. The summed E-state index contributed by atoms with van der Waals surface area (Å²) in [6.07, 6.45) is 0.597. The average Bonchev–Trinajstić information content (AvgIpc) is 2.53. The number of para-hydroxylation sites is 1. The standard InChI is InChI=1S/C17H26O3.C6H6O/c1-16(2,3)12-9-11(7-8-14(18)19)10-13(15(12)20)17(4,5)6;7-6-4-2-1-3-5-6/h9-10,20H,7-8H2,1-6H3,(H,18,19);1-5,7H. The van der Waals surface area contributed by atoms with Crippen LogP contribution in [0.25, 0.3) is 0 Å². The first kappa shape index (κ1) is 22.6. The fraction of sp³-hybridized carbons (Fsp3) is 0.435. The smallest absolute Gasteiger partial charge is 0.303 e. The number of phenolic OH excluding ortho intramolecular Hbond substituents is 2. The molecule has 148 valence electrons. The van der Waals surface area contributed by atoms with Crippen LogP contribution in [0.2, 0.25) is 0 Å². The molecule has 0 aromatic heterocycles. The van der Waals surface area contributed by atoms with Gasteiger partial charge in [0, 0.05) is 6.42 Å². The van der Waals surface area contributed by atoms with Crippen LogP contribution in [0.3, 0.4) is 0 Å². The van der Waals surface area contributed by atoms with Crippen LogP contribution in [0.15, 0.2) is 42.5 Å². The molecular weight excluding hydrogens is 340 g/mol. The highest BCUT2D eigenvalue weighted by atomic mass is 16.4. The lowest BCUT2D eigenvalue weighted by Crippen LogP contribution is -2.18. The van der Waals surface area contributed by atoms with E-state index in [1.165, 1.54) is 0 Å². The summed E-state index contributed by atoms with van der Waals surface area (Å²) in [5.74, 6) is -0.140. The van der Waals surface area contributed by atoms with Crippen LogP contribution in [0.4, 0.5) is 0 Å². The number of carboxylic acid groups (broad SMARTS) is 1. The first-order chi connectivity index (χ1) is 12.3. The van der Waals surface area contributed by atoms with Crippen molar-refractivity contribution in [1.82, 2.24) is 0 Å². The molecule has 0 aliphatic rings. The van der Waals surface area contributed by atoms with Gasteiger partial charge in [-0.25, -0.2) is 0 Å². The summed E-state index contributed by atoms with van der Waals surface area (Å²) in [7, 11) is 0. The lowest BCUT2D eigenvalue weighted by Gasteiger charge is -2.28. The summed E-state index contributed by atoms with van der Waals surface area (Å²) in [4.78, 5) is 10.8. The van der Waals surface area contributed by atoms with Crippen LogP contribution < -0.4 is 0 Å². The summed E-state index contributed by atoms with van der Waals surface area (Å²) >= 11 is 0. The maximum atomic E-state index is 10.8. The van der Waals surface area contributed by atoms with Crippen LogP contribution in [0.5, 0.6) is 11.5 Å². The number of aliphatic carboxylic acids is 1. The van der Waals surface area contributed by atoms with Crippen LogP contribution in [0, 0.1) is 0 Å². The molecule has 0 amide bonds. The molecule has 0 atom stereocenters. The Morgan fingerprint density at radius 1 is 0.852 bits per heavy atom. The van der Waals surface area contributed by atoms with Crippen molar-refractivity contribution in [2.45, 2.75) is 65.2 Å². The maximum Gasteiger partial charge on any atom is 0.303 e. The minimum atomic E-state index is -0.798. The number of aromatic hydroxyl groups is 2. The van der Waals surface area contributed by atoms with Gasteiger partial charge in [-0.15, -0.1) is 0 Å². The molecule has 27 heavy (non-hydrogen) atoms. The molecule has 0 fully saturated rings. The average molecular weight is 373 g/mol. The second kappa shape index (κ2) is 8.94. The molecule has 3 N–H and O–H groups in total. The lowest BCUT2D eigenvalue weighted by atomic mass is 9.78. The summed E-state index contributed by atoms with van der Waals surface area (Å²) < 4.78 is 0. The minimum Gasteiger partial charge on any atom is -0.508 e. The molecule has 4 nitrogen and oxygen atoms in total. The van der Waals surface area contributed by atoms with Crippen molar-refractivity contribution in [3.8, 4) is 11.5 Å². The monoisotopic (exact) mass is 372 g/mol. The van der Waals surface area contributed by atoms with E-state index >= 15 is 0 Å². The first-order valence-electron chi connectivity index (χ1n) is 9.15. The van der Waals surface area contributed by atoms with E-state index in [2.05, 4.69) is 41.5 Å². The van der Waals surface area contributed by atoms with Gasteiger partial charge in [0.15, 0.2) is 0 Å². The maximum absolute atomic E-state index is 10.8. The summed E-state index contributed by atoms with van der Waals surface area (Å²) in [5, 5.41) is 28.0. The third kappa shape index (κ3) is 7.33. The van der Waals surface area contributed by atoms with Gasteiger partial charge in [-0.05, 0) is 46.1 Å². The summed E-state index contributed by atoms with van der Waals surface area (Å²) in [6, 6.07) is 12.6. The second-order valence-corrected chi connectivity index (χ2v) is 8.77. The van der Waals surface area contributed by atoms with E-state index in [1.54, 1.807) is 24.3 Å². The Morgan fingerprint density at radius 3 is 1.59 bits per heavy atom. The Balaban J connectivity index is 0.000000433. The highest BCUT2D eigenvalue weighted by Crippen LogP contribution is 2.39. The molecule has 0 bridgehead atoms. The Morgan fingerprint density at radius 2 is 1.30 bits per heavy atom. The van der Waals surface area contributed by atoms with Crippen LogP contribution in [0.1, 0.15) is 64.7 Å². The SMILES string of the molecule is CC(C)(C)c1cc(CCC(=O)O)cc(C(C)(C)C)c1O.Oc1ccccc1. The van der Waals surface area contributed by atoms with Crippen molar-refractivity contribution in [3.05, 3.63) is 59.2 Å². The summed E-state index contributed by atoms with van der Waals surface area (Å²) in [6.45, 7) is 12.3. The van der Waals surface area contributed by atoms with Gasteiger partial charge in [0.25, 0.3) is 0 Å². The van der Waals surface area contributed by atoms with Crippen LogP contribution in [-0.4, -0.2) is 21.3 Å². The molecule has 0 unspecified atom stereocenters. The van der Waals surface area contributed by atoms with Gasteiger partial charge in [0.05, 0.1) is 0 Å². The number of rotatable bonds is 3. The van der Waals surface area contributed by atoms with Gasteiger partial charge < -0.3 is 15.3 Å². The largest absolute Gasteiger partial charge is 0.508 e. The van der Waals surface area contributed by atoms with Crippen molar-refractivity contribution in [3.63, 3.8) is 0 Å². The van der Waals surface area contributed by atoms with Gasteiger partial charge in [-0.1, -0.05) is 71.9 Å². The number of phenols is 2. The number of carbonyl (C=O) groups is 1. The van der Waals surface area contributed by atoms with E-state index in [0.29, 0.717) is 17.9 Å². The molecule has 2 rings (SSSR count). The summed E-state index contributed by atoms with van der Waals surface area (Å²) in [5.41, 5.74) is 2.38. The molecule has 2 aromatic rings. The van der Waals surface area contributed by atoms with Crippen molar-refractivity contribution in [1.29, 1.82) is 0 Å². The first-order valence-corrected chi connectivity index (χ1v) is 9.15. The van der Waals surface area contributed by atoms with Crippen LogP contribution >= 0.6 is 0 Å². The van der Waals surface area contributed by atoms with Crippen LogP contribution in [-0.2, 0) is 22.0 Å². The Kier molecular flexibility index (Phi) is 7.46. The highest BCUT2D eigenvalue weighted by molar-refractivity contribution is 5.67.